The molecule has 1 amide bonds. The molecular formula is C12H10ClF4NO2S. The number of benzene rings is 1. The highest BCUT2D eigenvalue weighted by Gasteiger charge is 2.27. The minimum Gasteiger partial charge on any atom is -0.417 e. The Hall–Kier alpha value is -1.41. The fraction of sp³-hybridized carbons (Fsp3) is 0.250. The summed E-state index contributed by atoms with van der Waals surface area (Å²) >= 11 is 5.64. The second-order valence-corrected chi connectivity index (χ2v) is 5.06. The van der Waals surface area contributed by atoms with Crippen molar-refractivity contribution in [3.63, 3.8) is 0 Å². The minimum absolute atomic E-state index is 0.205. The molecule has 0 aliphatic carbocycles. The minimum atomic E-state index is -4.34. The molecule has 0 saturated carbocycles. The summed E-state index contributed by atoms with van der Waals surface area (Å²) in [6.07, 6.45) is -4.49. The van der Waals surface area contributed by atoms with Crippen LogP contribution in [0.15, 0.2) is 28.8 Å². The Morgan fingerprint density at radius 1 is 1.48 bits per heavy atom. The Bertz CT molecular complexity index is 549. The molecule has 3 nitrogen and oxygen atoms in total. The van der Waals surface area contributed by atoms with Crippen LogP contribution in [0, 0.1) is 12.7 Å². The zero-order chi connectivity index (χ0) is 16.0. The van der Waals surface area contributed by atoms with Crippen molar-refractivity contribution in [3.8, 4) is 0 Å². The number of ether oxygens (including phenoxy) is 1. The van der Waals surface area contributed by atoms with Gasteiger partial charge in [0.05, 0.1) is 11.4 Å². The van der Waals surface area contributed by atoms with Crippen molar-refractivity contribution in [2.75, 3.05) is 11.1 Å². The highest BCUT2D eigenvalue weighted by atomic mass is 35.5. The third-order valence-electron chi connectivity index (χ3n) is 2.12. The number of aryl methyl sites for hydroxylation is 1. The lowest BCUT2D eigenvalue weighted by Gasteiger charge is -2.12. The second kappa shape index (κ2) is 7.56. The number of thioether (sulfide) groups is 1. The summed E-state index contributed by atoms with van der Waals surface area (Å²) in [5.41, 5.74) is 0.981. The van der Waals surface area contributed by atoms with Gasteiger partial charge in [-0.15, -0.1) is 11.8 Å². The molecule has 0 aliphatic heterocycles. The van der Waals surface area contributed by atoms with Crippen LogP contribution in [0.5, 0.6) is 0 Å². The number of hydrogen-bond donors (Lipinski definition) is 1. The molecular weight excluding hydrogens is 334 g/mol. The summed E-state index contributed by atoms with van der Waals surface area (Å²) in [4.78, 5) is 11.4. The van der Waals surface area contributed by atoms with E-state index in [-0.39, 0.29) is 10.6 Å². The van der Waals surface area contributed by atoms with E-state index in [2.05, 4.69) is 10.1 Å². The van der Waals surface area contributed by atoms with Gasteiger partial charge < -0.3 is 4.74 Å². The molecule has 116 valence electrons. The van der Waals surface area contributed by atoms with Gasteiger partial charge in [0, 0.05) is 10.4 Å². The quantitative estimate of drug-likeness (QED) is 0.472. The lowest BCUT2D eigenvalue weighted by molar-refractivity contribution is -0.105. The largest absolute Gasteiger partial charge is 0.417 e. The smallest absolute Gasteiger partial charge is 0.416 e. The van der Waals surface area contributed by atoms with Gasteiger partial charge in [-0.25, -0.2) is 9.18 Å². The highest BCUT2D eigenvalue weighted by Crippen LogP contribution is 2.32. The number of halogens is 5. The molecule has 1 rings (SSSR count). The maximum atomic E-state index is 13.6. The van der Waals surface area contributed by atoms with Crippen molar-refractivity contribution in [1.82, 2.24) is 0 Å². The fourth-order valence-electron chi connectivity index (χ4n) is 1.29. The normalized spacial score (nSPS) is 11.7. The molecule has 0 saturated heterocycles. The monoisotopic (exact) mass is 343 g/mol. The summed E-state index contributed by atoms with van der Waals surface area (Å²) in [6, 6.07) is 2.15. The van der Waals surface area contributed by atoms with E-state index in [1.165, 1.54) is 6.92 Å². The first-order valence-corrected chi connectivity index (χ1v) is 6.87. The van der Waals surface area contributed by atoms with Crippen LogP contribution < -0.4 is 5.32 Å². The number of carbonyl (C=O) groups is 1. The van der Waals surface area contributed by atoms with Gasteiger partial charge >= 0.3 is 12.3 Å². The average molecular weight is 344 g/mol. The van der Waals surface area contributed by atoms with Gasteiger partial charge in [0.15, 0.2) is 0 Å². The fourth-order valence-corrected chi connectivity index (χ4v) is 2.15. The van der Waals surface area contributed by atoms with E-state index in [0.29, 0.717) is 17.3 Å². The number of nitrogens with one attached hydrogen (secondary N) is 1. The van der Waals surface area contributed by atoms with Crippen LogP contribution in [0.1, 0.15) is 5.56 Å². The first kappa shape index (κ1) is 17.6. The molecule has 0 unspecified atom stereocenters. The van der Waals surface area contributed by atoms with E-state index >= 15 is 0 Å². The maximum absolute atomic E-state index is 13.6. The zero-order valence-corrected chi connectivity index (χ0v) is 12.2. The molecule has 21 heavy (non-hydrogen) atoms. The Labute approximate surface area is 127 Å². The standard InChI is InChI=1S/C12H10ClF4NO2S/c1-7-4-8(14)9(18-11(19)20-3-2-13)5-10(7)21-6-12(15,16)17/h2-5H,6H2,1H3,(H,18,19). The SMILES string of the molecule is Cc1cc(F)c(NC(=O)OC=CCl)cc1SCC(F)(F)F. The van der Waals surface area contributed by atoms with Gasteiger partial charge in [-0.2, -0.15) is 13.2 Å². The van der Waals surface area contributed by atoms with Crippen molar-refractivity contribution in [2.24, 2.45) is 0 Å². The first-order valence-electron chi connectivity index (χ1n) is 5.45. The predicted molar refractivity (Wildman–Crippen MR) is 73.0 cm³/mol. The molecule has 0 spiro atoms. The Balaban J connectivity index is 2.87. The second-order valence-electron chi connectivity index (χ2n) is 3.79. The highest BCUT2D eigenvalue weighted by molar-refractivity contribution is 7.99. The van der Waals surface area contributed by atoms with E-state index in [1.54, 1.807) is 0 Å². The molecule has 1 N–H and O–H groups in total. The summed E-state index contributed by atoms with van der Waals surface area (Å²) in [5.74, 6) is -1.89. The lowest BCUT2D eigenvalue weighted by Crippen LogP contribution is -2.13. The summed E-state index contributed by atoms with van der Waals surface area (Å²) in [7, 11) is 0. The van der Waals surface area contributed by atoms with Crippen LogP contribution >= 0.6 is 23.4 Å². The molecule has 0 aromatic heterocycles. The Kier molecular flexibility index (Phi) is 6.35. The van der Waals surface area contributed by atoms with E-state index in [9.17, 15) is 22.4 Å². The topological polar surface area (TPSA) is 38.3 Å². The summed E-state index contributed by atoms with van der Waals surface area (Å²) in [5, 5.41) is 2.07. The number of carbonyl (C=O) groups excluding carboxylic acids is 1. The molecule has 0 radical (unpaired) electrons. The van der Waals surface area contributed by atoms with Crippen LogP contribution in [0.2, 0.25) is 0 Å². The van der Waals surface area contributed by atoms with Gasteiger partial charge in [0.2, 0.25) is 0 Å². The van der Waals surface area contributed by atoms with Crippen molar-refractivity contribution < 1.29 is 27.1 Å². The van der Waals surface area contributed by atoms with Gasteiger partial charge in [-0.1, -0.05) is 11.6 Å². The van der Waals surface area contributed by atoms with Crippen LogP contribution in [-0.4, -0.2) is 18.0 Å². The van der Waals surface area contributed by atoms with Gasteiger partial charge in [-0.05, 0) is 24.6 Å². The molecule has 0 atom stereocenters. The van der Waals surface area contributed by atoms with Gasteiger partial charge in [0.25, 0.3) is 0 Å². The molecule has 0 aliphatic rings. The van der Waals surface area contributed by atoms with Crippen LogP contribution in [-0.2, 0) is 4.74 Å². The van der Waals surface area contributed by atoms with E-state index in [1.807, 2.05) is 0 Å². The number of anilines is 1. The van der Waals surface area contributed by atoms with Crippen molar-refractivity contribution in [3.05, 3.63) is 35.3 Å². The molecule has 1 aromatic carbocycles. The number of alkyl halides is 3. The number of hydrogen-bond acceptors (Lipinski definition) is 3. The van der Waals surface area contributed by atoms with Crippen molar-refractivity contribution >= 4 is 35.1 Å². The Morgan fingerprint density at radius 3 is 2.71 bits per heavy atom. The summed E-state index contributed by atoms with van der Waals surface area (Å²) in [6.45, 7) is 1.47. The number of amides is 1. The zero-order valence-electron chi connectivity index (χ0n) is 10.6. The summed E-state index contributed by atoms with van der Waals surface area (Å²) < 4.78 is 54.7. The van der Waals surface area contributed by atoms with Crippen molar-refractivity contribution in [1.29, 1.82) is 0 Å². The molecule has 1 aromatic rings. The lowest BCUT2D eigenvalue weighted by atomic mass is 10.2. The number of rotatable bonds is 4. The third-order valence-corrected chi connectivity index (χ3v) is 3.44. The Morgan fingerprint density at radius 2 is 2.14 bits per heavy atom. The molecule has 0 fully saturated rings. The molecule has 0 bridgehead atoms. The van der Waals surface area contributed by atoms with E-state index < -0.39 is 23.8 Å². The van der Waals surface area contributed by atoms with Crippen LogP contribution in [0.3, 0.4) is 0 Å². The van der Waals surface area contributed by atoms with Gasteiger partial charge in [0.1, 0.15) is 12.1 Å². The molecule has 0 heterocycles. The van der Waals surface area contributed by atoms with Gasteiger partial charge in [-0.3, -0.25) is 5.32 Å². The van der Waals surface area contributed by atoms with Crippen LogP contribution in [0.4, 0.5) is 28.0 Å². The average Bonchev–Trinajstić information content (AvgIpc) is 2.37. The predicted octanol–water partition coefficient (Wildman–Crippen LogP) is 5.05. The third kappa shape index (κ3) is 6.26. The molecule has 9 heteroatoms. The van der Waals surface area contributed by atoms with Crippen LogP contribution in [0.25, 0.3) is 0 Å². The van der Waals surface area contributed by atoms with E-state index in [0.717, 1.165) is 23.9 Å². The van der Waals surface area contributed by atoms with Crippen molar-refractivity contribution in [2.45, 2.75) is 18.0 Å². The first-order chi connectivity index (χ1) is 9.73. The van der Waals surface area contributed by atoms with E-state index in [4.69, 9.17) is 11.6 Å². The maximum Gasteiger partial charge on any atom is 0.416 e.